The zero-order valence-corrected chi connectivity index (χ0v) is 14.1. The zero-order chi connectivity index (χ0) is 15.5. The quantitative estimate of drug-likeness (QED) is 0.905. The van der Waals surface area contributed by atoms with Crippen LogP contribution in [0.3, 0.4) is 0 Å². The SMILES string of the molecule is CCC1(CC)NC(=O)CCN(Cc2cccc(Br)c2)C1=O. The van der Waals surface area contributed by atoms with Gasteiger partial charge in [-0.15, -0.1) is 0 Å². The molecule has 1 aromatic rings. The summed E-state index contributed by atoms with van der Waals surface area (Å²) >= 11 is 3.45. The number of hydrogen-bond donors (Lipinski definition) is 1. The highest BCUT2D eigenvalue weighted by Gasteiger charge is 2.41. The maximum atomic E-state index is 12.9. The smallest absolute Gasteiger partial charge is 0.248 e. The first kappa shape index (κ1) is 16.0. The first-order valence-corrected chi connectivity index (χ1v) is 8.15. The van der Waals surface area contributed by atoms with Gasteiger partial charge in [0.15, 0.2) is 0 Å². The Morgan fingerprint density at radius 2 is 2.00 bits per heavy atom. The maximum Gasteiger partial charge on any atom is 0.248 e. The van der Waals surface area contributed by atoms with E-state index in [1.165, 1.54) is 0 Å². The Labute approximate surface area is 134 Å². The molecule has 4 nitrogen and oxygen atoms in total. The van der Waals surface area contributed by atoms with Gasteiger partial charge in [0.1, 0.15) is 5.54 Å². The summed E-state index contributed by atoms with van der Waals surface area (Å²) in [6.07, 6.45) is 1.59. The number of carbonyl (C=O) groups excluding carboxylic acids is 2. The summed E-state index contributed by atoms with van der Waals surface area (Å²) in [5.74, 6) is -0.0119. The van der Waals surface area contributed by atoms with Crippen LogP contribution in [0.25, 0.3) is 0 Å². The molecule has 1 N–H and O–H groups in total. The van der Waals surface area contributed by atoms with Crippen molar-refractivity contribution >= 4 is 27.7 Å². The molecule has 1 aromatic carbocycles. The van der Waals surface area contributed by atoms with Crippen molar-refractivity contribution in [2.75, 3.05) is 6.54 Å². The second-order valence-electron chi connectivity index (χ2n) is 5.44. The van der Waals surface area contributed by atoms with Crippen molar-refractivity contribution in [3.05, 3.63) is 34.3 Å². The highest BCUT2D eigenvalue weighted by molar-refractivity contribution is 9.10. The topological polar surface area (TPSA) is 49.4 Å². The first-order valence-electron chi connectivity index (χ1n) is 7.35. The lowest BCUT2D eigenvalue weighted by atomic mass is 9.91. The molecule has 0 radical (unpaired) electrons. The fraction of sp³-hybridized carbons (Fsp3) is 0.500. The van der Waals surface area contributed by atoms with Gasteiger partial charge in [0.2, 0.25) is 11.8 Å². The molecule has 1 aliphatic rings. The third-order valence-corrected chi connectivity index (χ3v) is 4.65. The van der Waals surface area contributed by atoms with Crippen LogP contribution in [-0.4, -0.2) is 28.8 Å². The monoisotopic (exact) mass is 352 g/mol. The molecule has 2 amide bonds. The summed E-state index contributed by atoms with van der Waals surface area (Å²) in [6, 6.07) is 7.92. The summed E-state index contributed by atoms with van der Waals surface area (Å²) < 4.78 is 0.994. The van der Waals surface area contributed by atoms with Crippen molar-refractivity contribution in [3.8, 4) is 0 Å². The summed E-state index contributed by atoms with van der Waals surface area (Å²) in [5.41, 5.74) is 0.313. The lowest BCUT2D eigenvalue weighted by Crippen LogP contribution is -2.56. The molecule has 1 heterocycles. The molecular weight excluding hydrogens is 332 g/mol. The Balaban J connectivity index is 2.25. The van der Waals surface area contributed by atoms with Crippen molar-refractivity contribution in [2.24, 2.45) is 0 Å². The molecule has 0 aliphatic carbocycles. The van der Waals surface area contributed by atoms with E-state index in [1.54, 1.807) is 4.90 Å². The van der Waals surface area contributed by atoms with Gasteiger partial charge in [0.25, 0.3) is 0 Å². The average Bonchev–Trinajstić information content (AvgIpc) is 2.59. The number of rotatable bonds is 4. The third kappa shape index (κ3) is 3.46. The van der Waals surface area contributed by atoms with Crippen LogP contribution < -0.4 is 5.32 Å². The lowest BCUT2D eigenvalue weighted by Gasteiger charge is -2.33. The molecule has 2 rings (SSSR count). The third-order valence-electron chi connectivity index (χ3n) is 4.15. The van der Waals surface area contributed by atoms with Crippen molar-refractivity contribution < 1.29 is 9.59 Å². The molecule has 0 bridgehead atoms. The predicted molar refractivity (Wildman–Crippen MR) is 85.6 cm³/mol. The molecule has 1 aliphatic heterocycles. The van der Waals surface area contributed by atoms with E-state index in [9.17, 15) is 9.59 Å². The molecule has 0 aromatic heterocycles. The van der Waals surface area contributed by atoms with Gasteiger partial charge >= 0.3 is 0 Å². The Morgan fingerprint density at radius 3 is 2.62 bits per heavy atom. The lowest BCUT2D eigenvalue weighted by molar-refractivity contribution is -0.139. The Morgan fingerprint density at radius 1 is 1.29 bits per heavy atom. The van der Waals surface area contributed by atoms with Crippen LogP contribution in [0.4, 0.5) is 0 Å². The van der Waals surface area contributed by atoms with Crippen LogP contribution in [0, 0.1) is 0 Å². The number of halogens is 1. The summed E-state index contributed by atoms with van der Waals surface area (Å²) in [6.45, 7) is 4.91. The van der Waals surface area contributed by atoms with Crippen molar-refractivity contribution in [3.63, 3.8) is 0 Å². The Kier molecular flexibility index (Phi) is 5.04. The minimum Gasteiger partial charge on any atom is -0.342 e. The standard InChI is InChI=1S/C16H21BrN2O2/c1-3-16(4-2)15(21)19(9-8-14(20)18-16)11-12-6-5-7-13(17)10-12/h5-7,10H,3-4,8-9,11H2,1-2H3,(H,18,20). The van der Waals surface area contributed by atoms with E-state index in [-0.39, 0.29) is 11.8 Å². The van der Waals surface area contributed by atoms with Gasteiger partial charge in [-0.05, 0) is 30.5 Å². The molecule has 0 atom stereocenters. The van der Waals surface area contributed by atoms with E-state index >= 15 is 0 Å². The fourth-order valence-electron chi connectivity index (χ4n) is 2.76. The Bertz CT molecular complexity index is 541. The first-order chi connectivity index (χ1) is 10.0. The molecule has 0 unspecified atom stereocenters. The van der Waals surface area contributed by atoms with Gasteiger partial charge in [-0.25, -0.2) is 0 Å². The van der Waals surface area contributed by atoms with Gasteiger partial charge in [-0.3, -0.25) is 9.59 Å². The van der Waals surface area contributed by atoms with Gasteiger partial charge in [-0.1, -0.05) is 41.9 Å². The normalized spacial score (nSPS) is 18.3. The van der Waals surface area contributed by atoms with Crippen LogP contribution in [0.5, 0.6) is 0 Å². The van der Waals surface area contributed by atoms with E-state index in [0.717, 1.165) is 10.0 Å². The van der Waals surface area contributed by atoms with E-state index in [1.807, 2.05) is 38.1 Å². The molecule has 0 spiro atoms. The van der Waals surface area contributed by atoms with Crippen LogP contribution in [0.15, 0.2) is 28.7 Å². The molecule has 5 heteroatoms. The second-order valence-corrected chi connectivity index (χ2v) is 6.36. The van der Waals surface area contributed by atoms with E-state index in [4.69, 9.17) is 0 Å². The van der Waals surface area contributed by atoms with Gasteiger partial charge in [-0.2, -0.15) is 0 Å². The number of benzene rings is 1. The van der Waals surface area contributed by atoms with Crippen molar-refractivity contribution in [1.82, 2.24) is 10.2 Å². The zero-order valence-electron chi connectivity index (χ0n) is 12.5. The van der Waals surface area contributed by atoms with Crippen LogP contribution in [-0.2, 0) is 16.1 Å². The molecule has 0 saturated carbocycles. The van der Waals surface area contributed by atoms with Crippen LogP contribution >= 0.6 is 15.9 Å². The predicted octanol–water partition coefficient (Wildman–Crippen LogP) is 2.86. The van der Waals surface area contributed by atoms with E-state index < -0.39 is 5.54 Å². The molecule has 1 fully saturated rings. The maximum absolute atomic E-state index is 12.9. The van der Waals surface area contributed by atoms with Gasteiger partial charge < -0.3 is 10.2 Å². The number of carbonyl (C=O) groups is 2. The summed E-state index contributed by atoms with van der Waals surface area (Å²) in [7, 11) is 0. The van der Waals surface area contributed by atoms with Crippen molar-refractivity contribution in [1.29, 1.82) is 0 Å². The van der Waals surface area contributed by atoms with E-state index in [0.29, 0.717) is 32.4 Å². The average molecular weight is 353 g/mol. The summed E-state index contributed by atoms with van der Waals surface area (Å²) in [4.78, 5) is 26.6. The number of nitrogens with zero attached hydrogens (tertiary/aromatic N) is 1. The minimum atomic E-state index is -0.750. The van der Waals surface area contributed by atoms with Crippen LogP contribution in [0.2, 0.25) is 0 Å². The molecular formula is C16H21BrN2O2. The molecule has 21 heavy (non-hydrogen) atoms. The number of amides is 2. The van der Waals surface area contributed by atoms with E-state index in [2.05, 4.69) is 21.2 Å². The van der Waals surface area contributed by atoms with Crippen molar-refractivity contribution in [2.45, 2.75) is 45.2 Å². The molecule has 114 valence electrons. The fourth-order valence-corrected chi connectivity index (χ4v) is 3.21. The van der Waals surface area contributed by atoms with Gasteiger partial charge in [0, 0.05) is 24.0 Å². The van der Waals surface area contributed by atoms with Gasteiger partial charge in [0.05, 0.1) is 0 Å². The number of hydrogen-bond acceptors (Lipinski definition) is 2. The highest BCUT2D eigenvalue weighted by Crippen LogP contribution is 2.23. The largest absolute Gasteiger partial charge is 0.342 e. The molecule has 1 saturated heterocycles. The summed E-state index contributed by atoms with van der Waals surface area (Å²) in [5, 5.41) is 2.93. The second kappa shape index (κ2) is 6.60. The Hall–Kier alpha value is -1.36. The van der Waals surface area contributed by atoms with Crippen LogP contribution in [0.1, 0.15) is 38.7 Å². The number of nitrogens with one attached hydrogen (secondary N) is 1. The minimum absolute atomic E-state index is 0.0262. The highest BCUT2D eigenvalue weighted by atomic mass is 79.9.